The lowest BCUT2D eigenvalue weighted by atomic mass is 10.1. The van der Waals surface area contributed by atoms with E-state index in [0.29, 0.717) is 6.54 Å². The number of rotatable bonds is 4. The summed E-state index contributed by atoms with van der Waals surface area (Å²) >= 11 is 3.40. The predicted octanol–water partition coefficient (Wildman–Crippen LogP) is 2.09. The maximum Gasteiger partial charge on any atom is 0.0925 e. The van der Waals surface area contributed by atoms with Gasteiger partial charge in [0.25, 0.3) is 0 Å². The average Bonchev–Trinajstić information content (AvgIpc) is 2.15. The van der Waals surface area contributed by atoms with Gasteiger partial charge in [-0.15, -0.1) is 0 Å². The third kappa shape index (κ3) is 3.10. The van der Waals surface area contributed by atoms with E-state index in [4.69, 9.17) is 0 Å². The molecule has 1 rings (SSSR count). The van der Waals surface area contributed by atoms with Crippen LogP contribution in [0.4, 0.5) is 0 Å². The molecular formula is C10H14BrNO. The molecule has 0 aromatic heterocycles. The molecule has 0 aliphatic rings. The Labute approximate surface area is 87.1 Å². The third-order valence-corrected chi connectivity index (χ3v) is 2.57. The molecule has 1 unspecified atom stereocenters. The molecule has 0 aliphatic carbocycles. The van der Waals surface area contributed by atoms with Crippen LogP contribution in [0.2, 0.25) is 0 Å². The minimum Gasteiger partial charge on any atom is -0.387 e. The molecule has 0 amide bonds. The molecule has 0 spiro atoms. The number of hydrogen-bond donors (Lipinski definition) is 2. The van der Waals surface area contributed by atoms with Crippen molar-refractivity contribution in [3.8, 4) is 0 Å². The fourth-order valence-electron chi connectivity index (χ4n) is 1.14. The number of aliphatic hydroxyl groups is 1. The second kappa shape index (κ2) is 5.37. The van der Waals surface area contributed by atoms with E-state index < -0.39 is 6.10 Å². The molecule has 0 fully saturated rings. The van der Waals surface area contributed by atoms with Crippen LogP contribution in [-0.2, 0) is 0 Å². The Bertz CT molecular complexity index is 265. The van der Waals surface area contributed by atoms with Crippen LogP contribution in [-0.4, -0.2) is 18.2 Å². The van der Waals surface area contributed by atoms with Crippen LogP contribution in [0.25, 0.3) is 0 Å². The van der Waals surface area contributed by atoms with E-state index in [1.54, 1.807) is 0 Å². The lowest BCUT2D eigenvalue weighted by Crippen LogP contribution is -2.21. The van der Waals surface area contributed by atoms with Gasteiger partial charge in [-0.3, -0.25) is 0 Å². The fourth-order valence-corrected chi connectivity index (χ4v) is 1.69. The Kier molecular flexibility index (Phi) is 4.42. The van der Waals surface area contributed by atoms with Crippen LogP contribution in [0.1, 0.15) is 18.6 Å². The first-order valence-electron chi connectivity index (χ1n) is 4.39. The fraction of sp³-hybridized carbons (Fsp3) is 0.400. The van der Waals surface area contributed by atoms with E-state index in [0.717, 1.165) is 16.6 Å². The van der Waals surface area contributed by atoms with Gasteiger partial charge in [0.05, 0.1) is 6.10 Å². The highest BCUT2D eigenvalue weighted by molar-refractivity contribution is 9.10. The minimum absolute atomic E-state index is 0.435. The molecule has 1 atom stereocenters. The summed E-state index contributed by atoms with van der Waals surface area (Å²) in [6.45, 7) is 3.49. The molecule has 0 saturated carbocycles. The molecule has 72 valence electrons. The zero-order valence-corrected chi connectivity index (χ0v) is 9.21. The Morgan fingerprint density at radius 2 is 2.15 bits per heavy atom. The maximum atomic E-state index is 9.74. The molecule has 0 saturated heterocycles. The zero-order valence-electron chi connectivity index (χ0n) is 7.63. The monoisotopic (exact) mass is 243 g/mol. The Morgan fingerprint density at radius 1 is 1.46 bits per heavy atom. The molecular weight excluding hydrogens is 230 g/mol. The summed E-state index contributed by atoms with van der Waals surface area (Å²) in [5.41, 5.74) is 0.934. The van der Waals surface area contributed by atoms with Gasteiger partial charge in [-0.1, -0.05) is 41.1 Å². The number of benzene rings is 1. The van der Waals surface area contributed by atoms with E-state index in [1.807, 2.05) is 31.2 Å². The van der Waals surface area contributed by atoms with Crippen LogP contribution in [0.5, 0.6) is 0 Å². The van der Waals surface area contributed by atoms with Crippen molar-refractivity contribution in [3.05, 3.63) is 34.3 Å². The van der Waals surface area contributed by atoms with Crippen molar-refractivity contribution in [2.75, 3.05) is 13.1 Å². The van der Waals surface area contributed by atoms with E-state index in [9.17, 15) is 5.11 Å². The molecule has 3 heteroatoms. The van der Waals surface area contributed by atoms with Gasteiger partial charge >= 0.3 is 0 Å². The second-order valence-electron chi connectivity index (χ2n) is 2.84. The Hall–Kier alpha value is -0.380. The van der Waals surface area contributed by atoms with Gasteiger partial charge in [0, 0.05) is 11.0 Å². The average molecular weight is 244 g/mol. The summed E-state index contributed by atoms with van der Waals surface area (Å²) in [5.74, 6) is 0. The molecule has 0 bridgehead atoms. The largest absolute Gasteiger partial charge is 0.387 e. The summed E-state index contributed by atoms with van der Waals surface area (Å²) in [4.78, 5) is 0. The van der Waals surface area contributed by atoms with Crippen LogP contribution < -0.4 is 5.32 Å². The molecule has 0 heterocycles. The number of aliphatic hydroxyl groups excluding tert-OH is 1. The van der Waals surface area contributed by atoms with Gasteiger partial charge < -0.3 is 10.4 Å². The van der Waals surface area contributed by atoms with Crippen molar-refractivity contribution < 1.29 is 5.11 Å². The molecule has 1 aromatic carbocycles. The molecule has 1 aromatic rings. The van der Waals surface area contributed by atoms with Crippen molar-refractivity contribution in [1.29, 1.82) is 0 Å². The second-order valence-corrected chi connectivity index (χ2v) is 3.70. The summed E-state index contributed by atoms with van der Waals surface area (Å²) in [6, 6.07) is 7.72. The third-order valence-electron chi connectivity index (χ3n) is 1.85. The summed E-state index contributed by atoms with van der Waals surface area (Å²) in [6.07, 6.45) is -0.435. The van der Waals surface area contributed by atoms with Crippen molar-refractivity contribution in [3.63, 3.8) is 0 Å². The van der Waals surface area contributed by atoms with Crippen LogP contribution in [0.3, 0.4) is 0 Å². The van der Waals surface area contributed by atoms with Crippen molar-refractivity contribution in [2.45, 2.75) is 13.0 Å². The molecule has 13 heavy (non-hydrogen) atoms. The van der Waals surface area contributed by atoms with E-state index in [2.05, 4.69) is 21.2 Å². The van der Waals surface area contributed by atoms with Crippen molar-refractivity contribution in [2.24, 2.45) is 0 Å². The number of halogens is 1. The normalized spacial score (nSPS) is 12.8. The first-order valence-corrected chi connectivity index (χ1v) is 5.18. The first-order chi connectivity index (χ1) is 6.25. The van der Waals surface area contributed by atoms with E-state index >= 15 is 0 Å². The highest BCUT2D eigenvalue weighted by atomic mass is 79.9. The topological polar surface area (TPSA) is 32.3 Å². The van der Waals surface area contributed by atoms with E-state index in [-0.39, 0.29) is 0 Å². The van der Waals surface area contributed by atoms with Crippen molar-refractivity contribution >= 4 is 15.9 Å². The molecule has 2 N–H and O–H groups in total. The van der Waals surface area contributed by atoms with Gasteiger partial charge in [0.1, 0.15) is 0 Å². The molecule has 0 aliphatic heterocycles. The smallest absolute Gasteiger partial charge is 0.0925 e. The lowest BCUT2D eigenvalue weighted by molar-refractivity contribution is 0.175. The Morgan fingerprint density at radius 3 is 2.77 bits per heavy atom. The highest BCUT2D eigenvalue weighted by Crippen LogP contribution is 2.22. The lowest BCUT2D eigenvalue weighted by Gasteiger charge is -2.12. The SMILES string of the molecule is CCNCC(O)c1ccccc1Br. The Balaban J connectivity index is 2.65. The van der Waals surface area contributed by atoms with Gasteiger partial charge in [-0.05, 0) is 18.2 Å². The molecule has 2 nitrogen and oxygen atoms in total. The highest BCUT2D eigenvalue weighted by Gasteiger charge is 2.08. The number of hydrogen-bond acceptors (Lipinski definition) is 2. The first kappa shape index (κ1) is 10.7. The standard InChI is InChI=1S/C10H14BrNO/c1-2-12-7-10(13)8-5-3-4-6-9(8)11/h3-6,10,12-13H,2,7H2,1H3. The summed E-state index contributed by atoms with van der Waals surface area (Å²) in [7, 11) is 0. The van der Waals surface area contributed by atoms with Crippen LogP contribution >= 0.6 is 15.9 Å². The predicted molar refractivity (Wildman–Crippen MR) is 57.6 cm³/mol. The van der Waals surface area contributed by atoms with Crippen molar-refractivity contribution in [1.82, 2.24) is 5.32 Å². The van der Waals surface area contributed by atoms with Gasteiger partial charge in [0.15, 0.2) is 0 Å². The molecule has 0 radical (unpaired) electrons. The van der Waals surface area contributed by atoms with Gasteiger partial charge in [-0.2, -0.15) is 0 Å². The van der Waals surface area contributed by atoms with Crippen LogP contribution in [0, 0.1) is 0 Å². The van der Waals surface area contributed by atoms with Gasteiger partial charge in [-0.25, -0.2) is 0 Å². The summed E-state index contributed by atoms with van der Waals surface area (Å²) < 4.78 is 0.959. The quantitative estimate of drug-likeness (QED) is 0.850. The number of likely N-dealkylation sites (N-methyl/N-ethyl adjacent to an activating group) is 1. The van der Waals surface area contributed by atoms with Crippen LogP contribution in [0.15, 0.2) is 28.7 Å². The maximum absolute atomic E-state index is 9.74. The number of nitrogens with one attached hydrogen (secondary N) is 1. The van der Waals surface area contributed by atoms with E-state index in [1.165, 1.54) is 0 Å². The summed E-state index contributed by atoms with van der Waals surface area (Å²) in [5, 5.41) is 12.8. The zero-order chi connectivity index (χ0) is 9.68. The minimum atomic E-state index is -0.435. The van der Waals surface area contributed by atoms with Gasteiger partial charge in [0.2, 0.25) is 0 Å².